The van der Waals surface area contributed by atoms with Crippen LogP contribution < -0.4 is 0 Å². The minimum Gasteiger partial charge on any atom is -0.461 e. The zero-order valence-corrected chi connectivity index (χ0v) is 23.5. The molecule has 1 N–H and O–H groups in total. The number of ether oxygens (including phenoxy) is 2. The summed E-state index contributed by atoms with van der Waals surface area (Å²) in [7, 11) is 0. The smallest absolute Gasteiger partial charge is 0.313 e. The van der Waals surface area contributed by atoms with Crippen molar-refractivity contribution >= 4 is 17.8 Å². The second-order valence-corrected chi connectivity index (χ2v) is 11.7. The fraction of sp³-hybridized carbons (Fsp3) is 0.594. The molecular formula is C32H42N2O6. The summed E-state index contributed by atoms with van der Waals surface area (Å²) in [5.74, 6) is -2.73. The van der Waals surface area contributed by atoms with Crippen LogP contribution in [0.4, 0.5) is 0 Å². The zero-order chi connectivity index (χ0) is 28.5. The van der Waals surface area contributed by atoms with Crippen LogP contribution in [-0.2, 0) is 23.9 Å². The maximum atomic E-state index is 14.8. The van der Waals surface area contributed by atoms with Gasteiger partial charge in [-0.1, -0.05) is 75.2 Å². The van der Waals surface area contributed by atoms with Gasteiger partial charge in [0, 0.05) is 12.6 Å². The molecule has 8 heteroatoms. The van der Waals surface area contributed by atoms with Gasteiger partial charge in [0.25, 0.3) is 0 Å². The first kappa shape index (κ1) is 28.6. The van der Waals surface area contributed by atoms with Crippen LogP contribution in [0.25, 0.3) is 0 Å². The first-order valence-electron chi connectivity index (χ1n) is 14.8. The van der Waals surface area contributed by atoms with E-state index in [2.05, 4.69) is 13.2 Å². The summed E-state index contributed by atoms with van der Waals surface area (Å²) >= 11 is 0. The van der Waals surface area contributed by atoms with Crippen molar-refractivity contribution in [3.8, 4) is 0 Å². The number of fused-ring (bicyclic) bond motifs is 1. The van der Waals surface area contributed by atoms with Gasteiger partial charge in [-0.15, -0.1) is 6.58 Å². The number of amides is 2. The average molecular weight is 551 g/mol. The van der Waals surface area contributed by atoms with Crippen molar-refractivity contribution in [3.05, 3.63) is 61.2 Å². The van der Waals surface area contributed by atoms with E-state index < -0.39 is 41.1 Å². The summed E-state index contributed by atoms with van der Waals surface area (Å²) in [4.78, 5) is 46.3. The van der Waals surface area contributed by atoms with Gasteiger partial charge in [-0.3, -0.25) is 14.4 Å². The highest BCUT2D eigenvalue weighted by atomic mass is 16.6. The Labute approximate surface area is 237 Å². The first-order valence-corrected chi connectivity index (χ1v) is 14.8. The molecule has 1 spiro atoms. The quantitative estimate of drug-likeness (QED) is 0.331. The van der Waals surface area contributed by atoms with E-state index in [1.165, 1.54) is 6.08 Å². The van der Waals surface area contributed by atoms with Gasteiger partial charge < -0.3 is 24.4 Å². The molecule has 4 fully saturated rings. The van der Waals surface area contributed by atoms with Crippen molar-refractivity contribution in [2.24, 2.45) is 11.8 Å². The number of carbonyl (C=O) groups is 3. The van der Waals surface area contributed by atoms with E-state index in [1.807, 2.05) is 42.2 Å². The topological polar surface area (TPSA) is 96.4 Å². The number of benzene rings is 1. The molecule has 1 saturated carbocycles. The minimum atomic E-state index is -1.18. The molecule has 3 aliphatic heterocycles. The van der Waals surface area contributed by atoms with E-state index >= 15 is 0 Å². The third kappa shape index (κ3) is 4.40. The first-order chi connectivity index (χ1) is 19.4. The second-order valence-electron chi connectivity index (χ2n) is 11.7. The lowest BCUT2D eigenvalue weighted by Crippen LogP contribution is -2.59. The number of hydrogen-bond acceptors (Lipinski definition) is 6. The number of carbonyl (C=O) groups excluding carboxylic acids is 3. The molecule has 5 rings (SSSR count). The Hall–Kier alpha value is -2.97. The molecule has 3 saturated heterocycles. The molecule has 0 radical (unpaired) electrons. The van der Waals surface area contributed by atoms with E-state index in [9.17, 15) is 19.5 Å². The van der Waals surface area contributed by atoms with Gasteiger partial charge in [0.2, 0.25) is 11.8 Å². The molecule has 6 atom stereocenters. The van der Waals surface area contributed by atoms with Gasteiger partial charge in [0.1, 0.15) is 24.2 Å². The Morgan fingerprint density at radius 2 is 1.90 bits per heavy atom. The lowest BCUT2D eigenvalue weighted by Gasteiger charge is -2.42. The van der Waals surface area contributed by atoms with Gasteiger partial charge in [-0.2, -0.15) is 0 Å². The Bertz CT molecular complexity index is 1130. The van der Waals surface area contributed by atoms with E-state index in [0.29, 0.717) is 25.8 Å². The maximum Gasteiger partial charge on any atom is 0.313 e. The molecule has 2 amide bonds. The molecule has 40 heavy (non-hydrogen) atoms. The monoisotopic (exact) mass is 550 g/mol. The predicted octanol–water partition coefficient (Wildman–Crippen LogP) is 3.95. The Morgan fingerprint density at radius 1 is 1.18 bits per heavy atom. The van der Waals surface area contributed by atoms with Crippen LogP contribution in [0.3, 0.4) is 0 Å². The van der Waals surface area contributed by atoms with Gasteiger partial charge in [-0.25, -0.2) is 0 Å². The van der Waals surface area contributed by atoms with Gasteiger partial charge in [0.15, 0.2) is 0 Å². The van der Waals surface area contributed by atoms with Crippen LogP contribution in [0.2, 0.25) is 0 Å². The van der Waals surface area contributed by atoms with Crippen molar-refractivity contribution in [3.63, 3.8) is 0 Å². The van der Waals surface area contributed by atoms with Crippen molar-refractivity contribution in [1.82, 2.24) is 9.80 Å². The normalized spacial score (nSPS) is 32.0. The summed E-state index contributed by atoms with van der Waals surface area (Å²) in [5.41, 5.74) is -1.33. The summed E-state index contributed by atoms with van der Waals surface area (Å²) < 4.78 is 12.4. The fourth-order valence-electron chi connectivity index (χ4n) is 8.00. The number of likely N-dealkylation sites (tertiary alicyclic amines) is 1. The third-order valence-corrected chi connectivity index (χ3v) is 9.77. The minimum absolute atomic E-state index is 0.0349. The Morgan fingerprint density at radius 3 is 2.52 bits per heavy atom. The standard InChI is InChI=1S/C32H42N2O6/c1-4-19-33(23-15-11-8-12-16-23)29(37)27-32-18-17-31(6-3,40-32)26(30(38)39-20-5-2)25(32)28(36)34(27)24(21-35)22-13-9-7-10-14-22/h4-5,7,9-10,13-14,23-27,35H,1-2,6,8,11-12,15-21H2,3H3/t24-,25+,26-,27?,31+,32?/m1/s1. The van der Waals surface area contributed by atoms with Crippen molar-refractivity contribution < 1.29 is 29.0 Å². The van der Waals surface area contributed by atoms with E-state index in [0.717, 1.165) is 37.7 Å². The van der Waals surface area contributed by atoms with Gasteiger partial charge in [0.05, 0.1) is 24.2 Å². The highest BCUT2D eigenvalue weighted by molar-refractivity contribution is 5.99. The highest BCUT2D eigenvalue weighted by Crippen LogP contribution is 2.65. The number of rotatable bonds is 11. The summed E-state index contributed by atoms with van der Waals surface area (Å²) in [6.07, 6.45) is 9.82. The molecule has 216 valence electrons. The molecule has 1 aromatic carbocycles. The highest BCUT2D eigenvalue weighted by Gasteiger charge is 2.79. The molecule has 1 aromatic rings. The van der Waals surface area contributed by atoms with Crippen molar-refractivity contribution in [2.45, 2.75) is 87.6 Å². The number of esters is 1. The average Bonchev–Trinajstić information content (AvgIpc) is 3.59. The summed E-state index contributed by atoms with van der Waals surface area (Å²) in [5, 5.41) is 10.7. The van der Waals surface area contributed by atoms with E-state index in [1.54, 1.807) is 11.0 Å². The predicted molar refractivity (Wildman–Crippen MR) is 150 cm³/mol. The van der Waals surface area contributed by atoms with Crippen LogP contribution in [0.15, 0.2) is 55.6 Å². The molecule has 4 aliphatic rings. The summed E-state index contributed by atoms with van der Waals surface area (Å²) in [6.45, 7) is 9.57. The van der Waals surface area contributed by atoms with Crippen LogP contribution in [-0.4, -0.2) is 75.7 Å². The number of aliphatic hydroxyl groups excluding tert-OH is 1. The van der Waals surface area contributed by atoms with Gasteiger partial charge in [-0.05, 0) is 37.7 Å². The molecule has 0 aromatic heterocycles. The third-order valence-electron chi connectivity index (χ3n) is 9.77. The maximum absolute atomic E-state index is 14.8. The Kier molecular flexibility index (Phi) is 8.20. The lowest BCUT2D eigenvalue weighted by atomic mass is 9.65. The summed E-state index contributed by atoms with van der Waals surface area (Å²) in [6, 6.07) is 7.59. The molecular weight excluding hydrogens is 508 g/mol. The van der Waals surface area contributed by atoms with Gasteiger partial charge >= 0.3 is 5.97 Å². The van der Waals surface area contributed by atoms with Crippen molar-refractivity contribution in [1.29, 1.82) is 0 Å². The molecule has 1 aliphatic carbocycles. The molecule has 8 nitrogen and oxygen atoms in total. The van der Waals surface area contributed by atoms with Crippen LogP contribution in [0, 0.1) is 11.8 Å². The molecule has 2 unspecified atom stereocenters. The molecule has 2 bridgehead atoms. The Balaban J connectivity index is 1.63. The largest absolute Gasteiger partial charge is 0.461 e. The van der Waals surface area contributed by atoms with Crippen LogP contribution in [0.1, 0.15) is 69.9 Å². The number of nitrogens with zero attached hydrogens (tertiary/aromatic N) is 2. The molecule has 3 heterocycles. The van der Waals surface area contributed by atoms with E-state index in [4.69, 9.17) is 9.47 Å². The zero-order valence-electron chi connectivity index (χ0n) is 23.5. The number of hydrogen-bond donors (Lipinski definition) is 1. The lowest BCUT2D eigenvalue weighted by molar-refractivity contribution is -0.163. The van der Waals surface area contributed by atoms with Crippen LogP contribution in [0.5, 0.6) is 0 Å². The number of aliphatic hydroxyl groups is 1. The van der Waals surface area contributed by atoms with Crippen LogP contribution >= 0.6 is 0 Å². The fourth-order valence-corrected chi connectivity index (χ4v) is 8.00. The SMILES string of the molecule is C=CCOC(=O)[C@H]1[C@H]2C(=O)N([C@H](CO)c3ccccc3)C(C(=O)N(CC=C)C3CCCCC3)C23CC[C@]1(CC)O3. The van der Waals surface area contributed by atoms with E-state index in [-0.39, 0.29) is 31.1 Å². The second kappa shape index (κ2) is 11.5. The van der Waals surface area contributed by atoms with Crippen molar-refractivity contribution in [2.75, 3.05) is 19.8 Å².